The minimum Gasteiger partial charge on any atom is -0.338 e. The van der Waals surface area contributed by atoms with Crippen LogP contribution >= 0.6 is 0 Å². The minimum atomic E-state index is -3.64. The highest BCUT2D eigenvalue weighted by Crippen LogP contribution is 2.25. The van der Waals surface area contributed by atoms with Crippen molar-refractivity contribution < 1.29 is 21.6 Å². The Kier molecular flexibility index (Phi) is 5.65. The van der Waals surface area contributed by atoms with Crippen LogP contribution in [0.3, 0.4) is 0 Å². The standard InChI is InChI=1S/C18H26N2O5S2/c1-14-6-9-20(10-7-14)27(24,25)17-5-3-4-15(12-17)18(21)19(2)16-8-11-26(22,23)13-16/h3-5,12,14,16H,6-11,13H2,1-2H3/t16-/m0/s1. The molecule has 0 spiro atoms. The van der Waals surface area contributed by atoms with Gasteiger partial charge in [0, 0.05) is 31.7 Å². The first-order valence-electron chi connectivity index (χ1n) is 9.18. The van der Waals surface area contributed by atoms with Gasteiger partial charge < -0.3 is 4.90 Å². The Balaban J connectivity index is 1.80. The smallest absolute Gasteiger partial charge is 0.253 e. The molecule has 1 amide bonds. The number of nitrogens with zero attached hydrogens (tertiary/aromatic N) is 2. The Bertz CT molecular complexity index is 919. The van der Waals surface area contributed by atoms with Crippen molar-refractivity contribution in [2.45, 2.75) is 37.1 Å². The van der Waals surface area contributed by atoms with E-state index >= 15 is 0 Å². The number of sulfonamides is 1. The van der Waals surface area contributed by atoms with Gasteiger partial charge in [0.15, 0.2) is 9.84 Å². The van der Waals surface area contributed by atoms with Crippen molar-refractivity contribution in [3.05, 3.63) is 29.8 Å². The van der Waals surface area contributed by atoms with E-state index in [1.54, 1.807) is 19.2 Å². The average Bonchev–Trinajstić information content (AvgIpc) is 3.01. The van der Waals surface area contributed by atoms with Crippen molar-refractivity contribution in [1.82, 2.24) is 9.21 Å². The number of sulfone groups is 1. The third-order valence-electron chi connectivity index (χ3n) is 5.54. The second-order valence-electron chi connectivity index (χ2n) is 7.59. The molecule has 2 aliphatic heterocycles. The van der Waals surface area contributed by atoms with E-state index < -0.39 is 19.9 Å². The lowest BCUT2D eigenvalue weighted by Crippen LogP contribution is -2.39. The van der Waals surface area contributed by atoms with Crippen LogP contribution in [0, 0.1) is 5.92 Å². The Morgan fingerprint density at radius 1 is 1.19 bits per heavy atom. The molecule has 0 aromatic heterocycles. The molecule has 1 atom stereocenters. The van der Waals surface area contributed by atoms with Crippen LogP contribution in [0.1, 0.15) is 36.5 Å². The van der Waals surface area contributed by atoms with Crippen LogP contribution in [0.15, 0.2) is 29.2 Å². The zero-order valence-electron chi connectivity index (χ0n) is 15.7. The van der Waals surface area contributed by atoms with Crippen LogP contribution in [0.4, 0.5) is 0 Å². The normalized spacial score (nSPS) is 24.0. The molecule has 0 saturated carbocycles. The predicted molar refractivity (Wildman–Crippen MR) is 103 cm³/mol. The van der Waals surface area contributed by atoms with E-state index in [9.17, 15) is 21.6 Å². The SMILES string of the molecule is CC1CCN(S(=O)(=O)c2cccc(C(=O)N(C)[C@H]3CCS(=O)(=O)C3)c2)CC1. The summed E-state index contributed by atoms with van der Waals surface area (Å²) in [5, 5.41) is 0. The van der Waals surface area contributed by atoms with Gasteiger partial charge in [0.05, 0.1) is 16.4 Å². The van der Waals surface area contributed by atoms with Crippen molar-refractivity contribution in [1.29, 1.82) is 0 Å². The minimum absolute atomic E-state index is 0.0425. The monoisotopic (exact) mass is 414 g/mol. The zero-order valence-corrected chi connectivity index (χ0v) is 17.3. The zero-order chi connectivity index (χ0) is 19.8. The number of carbonyl (C=O) groups is 1. The summed E-state index contributed by atoms with van der Waals surface area (Å²) in [5.41, 5.74) is 0.258. The summed E-state index contributed by atoms with van der Waals surface area (Å²) in [6.45, 7) is 3.09. The van der Waals surface area contributed by atoms with Gasteiger partial charge in [0.25, 0.3) is 5.91 Å². The lowest BCUT2D eigenvalue weighted by molar-refractivity contribution is 0.0747. The molecule has 7 nitrogen and oxygen atoms in total. The molecule has 2 saturated heterocycles. The van der Waals surface area contributed by atoms with Gasteiger partial charge in [-0.15, -0.1) is 0 Å². The molecule has 9 heteroatoms. The van der Waals surface area contributed by atoms with E-state index in [1.165, 1.54) is 21.3 Å². The van der Waals surface area contributed by atoms with Crippen LogP contribution in [-0.2, 0) is 19.9 Å². The van der Waals surface area contributed by atoms with E-state index in [-0.39, 0.29) is 33.9 Å². The van der Waals surface area contributed by atoms with Crippen LogP contribution in [-0.4, -0.2) is 69.6 Å². The number of carbonyl (C=O) groups excluding carboxylic acids is 1. The lowest BCUT2D eigenvalue weighted by Gasteiger charge is -2.29. The summed E-state index contributed by atoms with van der Waals surface area (Å²) in [7, 11) is -5.17. The number of hydrogen-bond donors (Lipinski definition) is 0. The quantitative estimate of drug-likeness (QED) is 0.742. The highest BCUT2D eigenvalue weighted by molar-refractivity contribution is 7.91. The summed E-state index contributed by atoms with van der Waals surface area (Å²) in [4.78, 5) is 14.3. The summed E-state index contributed by atoms with van der Waals surface area (Å²) < 4.78 is 50.6. The maximum atomic E-state index is 12.9. The molecule has 150 valence electrons. The van der Waals surface area contributed by atoms with Gasteiger partial charge in [0.2, 0.25) is 10.0 Å². The van der Waals surface area contributed by atoms with Gasteiger partial charge in [-0.2, -0.15) is 4.31 Å². The Hall–Kier alpha value is -1.45. The van der Waals surface area contributed by atoms with Gasteiger partial charge in [-0.05, 0) is 43.4 Å². The Morgan fingerprint density at radius 2 is 1.85 bits per heavy atom. The van der Waals surface area contributed by atoms with Crippen LogP contribution < -0.4 is 0 Å². The first kappa shape index (κ1) is 20.3. The molecule has 0 aliphatic carbocycles. The second-order valence-corrected chi connectivity index (χ2v) is 11.8. The predicted octanol–water partition coefficient (Wildman–Crippen LogP) is 1.37. The summed E-state index contributed by atoms with van der Waals surface area (Å²) in [5.74, 6) is 0.193. The molecule has 0 N–H and O–H groups in total. The van der Waals surface area contributed by atoms with Gasteiger partial charge >= 0.3 is 0 Å². The number of benzene rings is 1. The number of rotatable bonds is 4. The highest BCUT2D eigenvalue weighted by Gasteiger charge is 2.34. The van der Waals surface area contributed by atoms with Crippen molar-refractivity contribution >= 4 is 25.8 Å². The molecule has 1 aromatic rings. The first-order valence-corrected chi connectivity index (χ1v) is 12.4. The fourth-order valence-electron chi connectivity index (χ4n) is 3.61. The van der Waals surface area contributed by atoms with Crippen molar-refractivity contribution in [3.63, 3.8) is 0 Å². The molecule has 2 heterocycles. The van der Waals surface area contributed by atoms with Crippen molar-refractivity contribution in [3.8, 4) is 0 Å². The second kappa shape index (κ2) is 7.52. The number of piperidine rings is 1. The Morgan fingerprint density at radius 3 is 2.44 bits per heavy atom. The van der Waals surface area contributed by atoms with Gasteiger partial charge in [-0.3, -0.25) is 4.79 Å². The lowest BCUT2D eigenvalue weighted by atomic mass is 10.0. The van der Waals surface area contributed by atoms with E-state index in [1.807, 2.05) is 0 Å². The van der Waals surface area contributed by atoms with Gasteiger partial charge in [-0.1, -0.05) is 13.0 Å². The van der Waals surface area contributed by atoms with E-state index in [4.69, 9.17) is 0 Å². The summed E-state index contributed by atoms with van der Waals surface area (Å²) >= 11 is 0. The molecule has 0 radical (unpaired) electrons. The van der Waals surface area contributed by atoms with Crippen molar-refractivity contribution in [2.75, 3.05) is 31.6 Å². The molecule has 3 rings (SSSR count). The molecular weight excluding hydrogens is 388 g/mol. The van der Waals surface area contributed by atoms with Gasteiger partial charge in [-0.25, -0.2) is 16.8 Å². The molecule has 0 bridgehead atoms. The molecule has 2 aliphatic rings. The topological polar surface area (TPSA) is 91.8 Å². The molecule has 0 unspecified atom stereocenters. The highest BCUT2D eigenvalue weighted by atomic mass is 32.2. The van der Waals surface area contributed by atoms with E-state index in [0.717, 1.165) is 12.8 Å². The fourth-order valence-corrected chi connectivity index (χ4v) is 6.90. The van der Waals surface area contributed by atoms with Gasteiger partial charge in [0.1, 0.15) is 0 Å². The number of amides is 1. The van der Waals surface area contributed by atoms with E-state index in [0.29, 0.717) is 25.4 Å². The van der Waals surface area contributed by atoms with Crippen LogP contribution in [0.25, 0.3) is 0 Å². The molecular formula is C18H26N2O5S2. The molecule has 27 heavy (non-hydrogen) atoms. The largest absolute Gasteiger partial charge is 0.338 e. The van der Waals surface area contributed by atoms with E-state index in [2.05, 4.69) is 6.92 Å². The number of hydrogen-bond acceptors (Lipinski definition) is 5. The van der Waals surface area contributed by atoms with Crippen LogP contribution in [0.5, 0.6) is 0 Å². The first-order chi connectivity index (χ1) is 12.6. The third-order valence-corrected chi connectivity index (χ3v) is 9.18. The van der Waals surface area contributed by atoms with Crippen molar-refractivity contribution in [2.24, 2.45) is 5.92 Å². The summed E-state index contributed by atoms with van der Waals surface area (Å²) in [6.07, 6.45) is 2.07. The molecule has 2 fully saturated rings. The average molecular weight is 415 g/mol. The Labute approximate surface area is 161 Å². The maximum Gasteiger partial charge on any atom is 0.253 e. The summed E-state index contributed by atoms with van der Waals surface area (Å²) in [6, 6.07) is 5.66. The maximum absolute atomic E-state index is 12.9. The molecule has 1 aromatic carbocycles. The fraction of sp³-hybridized carbons (Fsp3) is 0.611. The van der Waals surface area contributed by atoms with Crippen LogP contribution in [0.2, 0.25) is 0 Å². The third kappa shape index (κ3) is 4.35.